The molecule has 0 radical (unpaired) electrons. The van der Waals surface area contributed by atoms with Crippen LogP contribution in [0, 0.1) is 13.8 Å². The Morgan fingerprint density at radius 1 is 0.906 bits per heavy atom. The molecule has 32 heavy (non-hydrogen) atoms. The summed E-state index contributed by atoms with van der Waals surface area (Å²) >= 11 is 5.82. The first-order valence-corrected chi connectivity index (χ1v) is 11.2. The first-order valence-electron chi connectivity index (χ1n) is 10.8. The summed E-state index contributed by atoms with van der Waals surface area (Å²) in [6.07, 6.45) is 3.67. The number of hydrogen-bond acceptors (Lipinski definition) is 3. The molecule has 1 aliphatic rings. The smallest absolute Gasteiger partial charge is 0.170 e. The third kappa shape index (κ3) is 3.67. The van der Waals surface area contributed by atoms with Gasteiger partial charge in [0.2, 0.25) is 0 Å². The van der Waals surface area contributed by atoms with Gasteiger partial charge in [-0.2, -0.15) is 0 Å². The van der Waals surface area contributed by atoms with Gasteiger partial charge in [-0.3, -0.25) is 9.97 Å². The predicted molar refractivity (Wildman–Crippen MR) is 130 cm³/mol. The molecule has 0 aliphatic carbocycles. The maximum atomic E-state index is 5.82. The predicted octanol–water partition coefficient (Wildman–Crippen LogP) is 5.06. The van der Waals surface area contributed by atoms with Crippen molar-refractivity contribution in [3.8, 4) is 5.69 Å². The molecule has 5 rings (SSSR count). The summed E-state index contributed by atoms with van der Waals surface area (Å²) in [6.45, 7) is 4.98. The van der Waals surface area contributed by atoms with E-state index >= 15 is 0 Å². The Morgan fingerprint density at radius 2 is 1.62 bits per heavy atom. The number of pyridine rings is 2. The van der Waals surface area contributed by atoms with Crippen LogP contribution in [0.3, 0.4) is 0 Å². The maximum absolute atomic E-state index is 5.82. The average Bonchev–Trinajstić information content (AvgIpc) is 3.30. The van der Waals surface area contributed by atoms with E-state index in [1.807, 2.05) is 48.8 Å². The van der Waals surface area contributed by atoms with Gasteiger partial charge in [0.25, 0.3) is 0 Å². The van der Waals surface area contributed by atoms with Crippen molar-refractivity contribution in [1.29, 1.82) is 0 Å². The topological polar surface area (TPSA) is 46.0 Å². The number of benzene rings is 1. The van der Waals surface area contributed by atoms with Gasteiger partial charge in [-0.15, -0.1) is 0 Å². The lowest BCUT2D eigenvalue weighted by atomic mass is 9.96. The summed E-state index contributed by atoms with van der Waals surface area (Å²) in [7, 11) is 0. The lowest BCUT2D eigenvalue weighted by molar-refractivity contribution is 0.307. The van der Waals surface area contributed by atoms with E-state index < -0.39 is 0 Å². The Hall–Kier alpha value is -3.51. The van der Waals surface area contributed by atoms with Crippen LogP contribution in [-0.4, -0.2) is 24.5 Å². The van der Waals surface area contributed by atoms with Crippen molar-refractivity contribution in [2.24, 2.45) is 0 Å². The minimum atomic E-state index is -0.0443. The summed E-state index contributed by atoms with van der Waals surface area (Å²) in [6, 6.07) is 24.7. The standard InChI is InChI=1S/C26H25N5S/c1-18-16-22(19(2)31(18)21-11-4-3-5-12-21)25-24(23-13-7-9-15-28-23)29-26(32)30(25)17-20-10-6-8-14-27-20/h3-16,24-25H,17H2,1-2H3,(H,29,32)/t24-,25-/m1/s1. The number of aromatic nitrogens is 3. The molecular formula is C26H25N5S. The Bertz CT molecular complexity index is 1220. The van der Waals surface area contributed by atoms with Crippen LogP contribution in [0.1, 0.15) is 40.4 Å². The average molecular weight is 440 g/mol. The first kappa shape index (κ1) is 20.4. The molecule has 1 N–H and O–H groups in total. The molecular weight excluding hydrogens is 414 g/mol. The van der Waals surface area contributed by atoms with Gasteiger partial charge in [0.05, 0.1) is 30.0 Å². The van der Waals surface area contributed by atoms with Crippen molar-refractivity contribution < 1.29 is 0 Å². The van der Waals surface area contributed by atoms with E-state index in [0.29, 0.717) is 6.54 Å². The second-order valence-electron chi connectivity index (χ2n) is 8.07. The van der Waals surface area contributed by atoms with Crippen LogP contribution in [-0.2, 0) is 6.54 Å². The molecule has 1 fully saturated rings. The molecule has 0 amide bonds. The Balaban J connectivity index is 1.62. The van der Waals surface area contributed by atoms with E-state index in [2.05, 4.69) is 75.0 Å². The first-order chi connectivity index (χ1) is 15.6. The van der Waals surface area contributed by atoms with Crippen LogP contribution in [0.2, 0.25) is 0 Å². The van der Waals surface area contributed by atoms with E-state index in [-0.39, 0.29) is 12.1 Å². The van der Waals surface area contributed by atoms with E-state index in [9.17, 15) is 0 Å². The van der Waals surface area contributed by atoms with Crippen LogP contribution in [0.5, 0.6) is 0 Å². The van der Waals surface area contributed by atoms with Crippen molar-refractivity contribution in [3.05, 3.63) is 114 Å². The summed E-state index contributed by atoms with van der Waals surface area (Å²) < 4.78 is 2.31. The molecule has 0 saturated carbocycles. The van der Waals surface area contributed by atoms with E-state index in [1.54, 1.807) is 0 Å². The summed E-state index contributed by atoms with van der Waals surface area (Å²) in [5, 5.41) is 4.27. The van der Waals surface area contributed by atoms with Gasteiger partial charge in [0, 0.05) is 29.5 Å². The van der Waals surface area contributed by atoms with E-state index in [1.165, 1.54) is 17.0 Å². The second-order valence-corrected chi connectivity index (χ2v) is 8.46. The lowest BCUT2D eigenvalue weighted by Gasteiger charge is -2.28. The Labute approximate surface area is 193 Å². The largest absolute Gasteiger partial charge is 0.352 e. The Kier molecular flexibility index (Phi) is 5.45. The molecule has 3 aromatic heterocycles. The van der Waals surface area contributed by atoms with E-state index in [0.717, 1.165) is 22.2 Å². The number of nitrogens with one attached hydrogen (secondary N) is 1. The third-order valence-electron chi connectivity index (χ3n) is 6.06. The number of para-hydroxylation sites is 1. The van der Waals surface area contributed by atoms with Gasteiger partial charge in [-0.25, -0.2) is 0 Å². The zero-order valence-corrected chi connectivity index (χ0v) is 19.0. The summed E-state index contributed by atoms with van der Waals surface area (Å²) in [4.78, 5) is 11.4. The van der Waals surface area contributed by atoms with Crippen molar-refractivity contribution in [2.75, 3.05) is 0 Å². The van der Waals surface area contributed by atoms with Crippen molar-refractivity contribution in [1.82, 2.24) is 24.8 Å². The quantitative estimate of drug-likeness (QED) is 0.441. The molecule has 4 aromatic rings. The minimum Gasteiger partial charge on any atom is -0.352 e. The molecule has 1 aromatic carbocycles. The highest BCUT2D eigenvalue weighted by molar-refractivity contribution is 7.80. The number of aryl methyl sites for hydroxylation is 1. The number of rotatable bonds is 5. The second kappa shape index (κ2) is 8.55. The molecule has 160 valence electrons. The zero-order valence-electron chi connectivity index (χ0n) is 18.1. The SMILES string of the molecule is Cc1cc([C@@H]2[C@@H](c3ccccn3)NC(=S)N2Cc2ccccn2)c(C)n1-c1ccccc1. The normalized spacial score (nSPS) is 18.1. The van der Waals surface area contributed by atoms with Crippen molar-refractivity contribution >= 4 is 17.3 Å². The fourth-order valence-corrected chi connectivity index (χ4v) is 4.95. The van der Waals surface area contributed by atoms with Crippen LogP contribution in [0.25, 0.3) is 5.69 Å². The summed E-state index contributed by atoms with van der Waals surface area (Å²) in [5.41, 5.74) is 6.77. The molecule has 6 heteroatoms. The fraction of sp³-hybridized carbons (Fsp3) is 0.192. The van der Waals surface area contributed by atoms with Crippen LogP contribution in [0.4, 0.5) is 0 Å². The van der Waals surface area contributed by atoms with Crippen LogP contribution < -0.4 is 5.32 Å². The molecule has 5 nitrogen and oxygen atoms in total. The van der Waals surface area contributed by atoms with Gasteiger partial charge in [0.1, 0.15) is 0 Å². The van der Waals surface area contributed by atoms with Gasteiger partial charge in [-0.05, 0) is 74.1 Å². The summed E-state index contributed by atoms with van der Waals surface area (Å²) in [5.74, 6) is 0. The zero-order chi connectivity index (χ0) is 22.1. The van der Waals surface area contributed by atoms with Gasteiger partial charge < -0.3 is 14.8 Å². The highest BCUT2D eigenvalue weighted by atomic mass is 32.1. The number of nitrogens with zero attached hydrogens (tertiary/aromatic N) is 4. The highest BCUT2D eigenvalue weighted by Gasteiger charge is 2.41. The molecule has 0 bridgehead atoms. The van der Waals surface area contributed by atoms with Gasteiger partial charge in [0.15, 0.2) is 5.11 Å². The monoisotopic (exact) mass is 439 g/mol. The molecule has 4 heterocycles. The molecule has 0 spiro atoms. The van der Waals surface area contributed by atoms with Gasteiger partial charge in [-0.1, -0.05) is 30.3 Å². The highest BCUT2D eigenvalue weighted by Crippen LogP contribution is 2.42. The van der Waals surface area contributed by atoms with Gasteiger partial charge >= 0.3 is 0 Å². The number of hydrogen-bond donors (Lipinski definition) is 1. The molecule has 1 aliphatic heterocycles. The molecule has 0 unspecified atom stereocenters. The van der Waals surface area contributed by atoms with E-state index in [4.69, 9.17) is 12.2 Å². The number of thiocarbonyl (C=S) groups is 1. The Morgan fingerprint density at radius 3 is 2.31 bits per heavy atom. The lowest BCUT2D eigenvalue weighted by Crippen LogP contribution is -2.29. The van der Waals surface area contributed by atoms with Crippen molar-refractivity contribution in [3.63, 3.8) is 0 Å². The third-order valence-corrected chi connectivity index (χ3v) is 6.41. The molecule has 2 atom stereocenters. The van der Waals surface area contributed by atoms with Crippen molar-refractivity contribution in [2.45, 2.75) is 32.5 Å². The maximum Gasteiger partial charge on any atom is 0.170 e. The fourth-order valence-electron chi connectivity index (χ4n) is 4.64. The minimum absolute atomic E-state index is 0.00284. The van der Waals surface area contributed by atoms with Crippen LogP contribution >= 0.6 is 12.2 Å². The molecule has 1 saturated heterocycles. The van der Waals surface area contributed by atoms with Crippen LogP contribution in [0.15, 0.2) is 85.2 Å².